The first kappa shape index (κ1) is 10.5. The lowest BCUT2D eigenvalue weighted by atomic mass is 9.70. The second-order valence-electron chi connectivity index (χ2n) is 5.79. The molecule has 2 aliphatic rings. The van der Waals surface area contributed by atoms with Gasteiger partial charge in [0.2, 0.25) is 0 Å². The number of hydrogen-bond acceptors (Lipinski definition) is 0. The van der Waals surface area contributed by atoms with Gasteiger partial charge in [-0.25, -0.2) is 0 Å². The van der Waals surface area contributed by atoms with Crippen molar-refractivity contribution in [3.05, 3.63) is 0 Å². The summed E-state index contributed by atoms with van der Waals surface area (Å²) in [4.78, 5) is 0. The quantitative estimate of drug-likeness (QED) is 0.614. The molecule has 0 bridgehead atoms. The maximum absolute atomic E-state index is 2.44. The minimum absolute atomic E-state index is 0.972. The number of rotatable bonds is 3. The van der Waals surface area contributed by atoms with E-state index in [1.165, 1.54) is 25.7 Å². The molecular weight excluding hydrogens is 168 g/mol. The fourth-order valence-corrected chi connectivity index (χ4v) is 3.88. The maximum atomic E-state index is 2.44. The SMILES string of the molecule is CCC(C)CC1CCCC2CCCC21. The highest BCUT2D eigenvalue weighted by molar-refractivity contribution is 4.87. The van der Waals surface area contributed by atoms with Crippen molar-refractivity contribution in [3.8, 4) is 0 Å². The molecule has 0 spiro atoms. The Balaban J connectivity index is 1.90. The zero-order valence-electron chi connectivity index (χ0n) is 9.97. The summed E-state index contributed by atoms with van der Waals surface area (Å²) in [6, 6.07) is 0. The van der Waals surface area contributed by atoms with E-state index in [9.17, 15) is 0 Å². The van der Waals surface area contributed by atoms with E-state index >= 15 is 0 Å². The van der Waals surface area contributed by atoms with E-state index in [4.69, 9.17) is 0 Å². The van der Waals surface area contributed by atoms with E-state index in [-0.39, 0.29) is 0 Å². The van der Waals surface area contributed by atoms with Crippen LogP contribution in [0, 0.1) is 23.7 Å². The lowest BCUT2D eigenvalue weighted by Gasteiger charge is -2.35. The van der Waals surface area contributed by atoms with Gasteiger partial charge in [-0.05, 0) is 36.5 Å². The Morgan fingerprint density at radius 2 is 1.79 bits per heavy atom. The van der Waals surface area contributed by atoms with Crippen molar-refractivity contribution in [2.24, 2.45) is 23.7 Å². The summed E-state index contributed by atoms with van der Waals surface area (Å²) < 4.78 is 0. The van der Waals surface area contributed by atoms with Crippen molar-refractivity contribution in [3.63, 3.8) is 0 Å². The monoisotopic (exact) mass is 194 g/mol. The molecule has 0 heterocycles. The molecule has 2 saturated carbocycles. The Hall–Kier alpha value is 0. The molecule has 0 aromatic heterocycles. The highest BCUT2D eigenvalue weighted by Gasteiger charge is 2.36. The van der Waals surface area contributed by atoms with Crippen LogP contribution in [0.2, 0.25) is 0 Å². The summed E-state index contributed by atoms with van der Waals surface area (Å²) in [6.45, 7) is 4.79. The summed E-state index contributed by atoms with van der Waals surface area (Å²) in [5, 5.41) is 0. The molecule has 0 heteroatoms. The Kier molecular flexibility index (Phi) is 3.52. The molecule has 82 valence electrons. The first-order chi connectivity index (χ1) is 6.81. The van der Waals surface area contributed by atoms with Crippen molar-refractivity contribution in [2.75, 3.05) is 0 Å². The van der Waals surface area contributed by atoms with Gasteiger partial charge in [0.25, 0.3) is 0 Å². The fourth-order valence-electron chi connectivity index (χ4n) is 3.88. The van der Waals surface area contributed by atoms with Crippen LogP contribution in [-0.4, -0.2) is 0 Å². The van der Waals surface area contributed by atoms with Crippen LogP contribution in [0.3, 0.4) is 0 Å². The van der Waals surface area contributed by atoms with Crippen LogP contribution in [0.1, 0.15) is 65.2 Å². The van der Waals surface area contributed by atoms with Crippen LogP contribution in [-0.2, 0) is 0 Å². The largest absolute Gasteiger partial charge is 0.0651 e. The van der Waals surface area contributed by atoms with Crippen molar-refractivity contribution in [1.82, 2.24) is 0 Å². The van der Waals surface area contributed by atoms with Crippen LogP contribution in [0.4, 0.5) is 0 Å². The smallest absolute Gasteiger partial charge is 0.0357 e. The zero-order chi connectivity index (χ0) is 9.97. The third-order valence-corrected chi connectivity index (χ3v) is 4.88. The molecular formula is C14H26. The minimum Gasteiger partial charge on any atom is -0.0651 e. The van der Waals surface area contributed by atoms with Gasteiger partial charge in [0.15, 0.2) is 0 Å². The third kappa shape index (κ3) is 2.15. The summed E-state index contributed by atoms with van der Waals surface area (Å²) in [5.74, 6) is 4.35. The second kappa shape index (κ2) is 4.68. The van der Waals surface area contributed by atoms with E-state index in [0.717, 1.165) is 23.7 Å². The molecule has 14 heavy (non-hydrogen) atoms. The first-order valence-corrected chi connectivity index (χ1v) is 6.81. The molecule has 4 unspecified atom stereocenters. The molecule has 4 atom stereocenters. The van der Waals surface area contributed by atoms with Gasteiger partial charge in [-0.1, -0.05) is 52.4 Å². The van der Waals surface area contributed by atoms with Gasteiger partial charge < -0.3 is 0 Å². The predicted molar refractivity (Wildman–Crippen MR) is 62.2 cm³/mol. The standard InChI is InChI=1S/C14H26/c1-3-11(2)10-13-8-4-6-12-7-5-9-14(12)13/h11-14H,3-10H2,1-2H3. The van der Waals surface area contributed by atoms with Gasteiger partial charge >= 0.3 is 0 Å². The van der Waals surface area contributed by atoms with E-state index in [2.05, 4.69) is 13.8 Å². The third-order valence-electron chi connectivity index (χ3n) is 4.88. The molecule has 0 radical (unpaired) electrons. The van der Waals surface area contributed by atoms with Crippen molar-refractivity contribution >= 4 is 0 Å². The molecule has 2 fully saturated rings. The van der Waals surface area contributed by atoms with Gasteiger partial charge in [0.05, 0.1) is 0 Å². The molecule has 0 saturated heterocycles. The van der Waals surface area contributed by atoms with Crippen LogP contribution < -0.4 is 0 Å². The van der Waals surface area contributed by atoms with Crippen molar-refractivity contribution in [2.45, 2.75) is 65.2 Å². The number of hydrogen-bond donors (Lipinski definition) is 0. The molecule has 2 aliphatic carbocycles. The zero-order valence-corrected chi connectivity index (χ0v) is 9.97. The van der Waals surface area contributed by atoms with Crippen LogP contribution in [0.25, 0.3) is 0 Å². The van der Waals surface area contributed by atoms with Gasteiger partial charge in [-0.2, -0.15) is 0 Å². The summed E-state index contributed by atoms with van der Waals surface area (Å²) in [5.41, 5.74) is 0. The summed E-state index contributed by atoms with van der Waals surface area (Å²) >= 11 is 0. The highest BCUT2D eigenvalue weighted by atomic mass is 14.4. The van der Waals surface area contributed by atoms with Gasteiger partial charge in [0.1, 0.15) is 0 Å². The molecule has 0 aromatic rings. The Bertz CT molecular complexity index is 173. The summed E-state index contributed by atoms with van der Waals surface area (Å²) in [7, 11) is 0. The highest BCUT2D eigenvalue weighted by Crippen LogP contribution is 2.47. The van der Waals surface area contributed by atoms with Crippen LogP contribution in [0.15, 0.2) is 0 Å². The lowest BCUT2D eigenvalue weighted by Crippen LogP contribution is -2.25. The first-order valence-electron chi connectivity index (χ1n) is 6.81. The maximum Gasteiger partial charge on any atom is -0.0357 e. The van der Waals surface area contributed by atoms with Crippen LogP contribution in [0.5, 0.6) is 0 Å². The predicted octanol–water partition coefficient (Wildman–Crippen LogP) is 4.64. The molecule has 0 aromatic carbocycles. The van der Waals surface area contributed by atoms with E-state index < -0.39 is 0 Å². The molecule has 0 aliphatic heterocycles. The average Bonchev–Trinajstić information content (AvgIpc) is 2.66. The van der Waals surface area contributed by atoms with E-state index in [1.54, 1.807) is 25.7 Å². The normalized spacial score (nSPS) is 39.4. The molecule has 2 rings (SSSR count). The fraction of sp³-hybridized carbons (Fsp3) is 1.00. The van der Waals surface area contributed by atoms with Gasteiger partial charge in [0, 0.05) is 0 Å². The second-order valence-corrected chi connectivity index (χ2v) is 5.79. The Morgan fingerprint density at radius 1 is 1.07 bits per heavy atom. The van der Waals surface area contributed by atoms with Crippen molar-refractivity contribution < 1.29 is 0 Å². The average molecular weight is 194 g/mol. The Labute approximate surface area is 89.5 Å². The topological polar surface area (TPSA) is 0 Å². The van der Waals surface area contributed by atoms with E-state index in [1.807, 2.05) is 0 Å². The van der Waals surface area contributed by atoms with Gasteiger partial charge in [-0.15, -0.1) is 0 Å². The minimum atomic E-state index is 0.972. The molecule has 0 N–H and O–H groups in total. The molecule has 0 amide bonds. The van der Waals surface area contributed by atoms with Crippen molar-refractivity contribution in [1.29, 1.82) is 0 Å². The van der Waals surface area contributed by atoms with E-state index in [0.29, 0.717) is 0 Å². The molecule has 0 nitrogen and oxygen atoms in total. The Morgan fingerprint density at radius 3 is 2.50 bits per heavy atom. The van der Waals surface area contributed by atoms with Crippen LogP contribution >= 0.6 is 0 Å². The van der Waals surface area contributed by atoms with Gasteiger partial charge in [-0.3, -0.25) is 0 Å². The lowest BCUT2D eigenvalue weighted by molar-refractivity contribution is 0.154. The number of fused-ring (bicyclic) bond motifs is 1. The summed E-state index contributed by atoms with van der Waals surface area (Å²) in [6.07, 6.45) is 12.2.